The second-order valence-corrected chi connectivity index (χ2v) is 8.77. The van der Waals surface area contributed by atoms with Gasteiger partial charge in [-0.25, -0.2) is 17.4 Å². The van der Waals surface area contributed by atoms with Crippen LogP contribution >= 0.6 is 0 Å². The van der Waals surface area contributed by atoms with Crippen LogP contribution < -0.4 is 15.6 Å². The molecule has 0 aliphatic carbocycles. The number of amides is 1. The number of methoxy groups -OCH3 is 1. The van der Waals surface area contributed by atoms with Crippen LogP contribution in [0, 0.1) is 0 Å². The average molecular weight is 430 g/mol. The number of fused-ring (bicyclic) bond motifs is 1. The van der Waals surface area contributed by atoms with E-state index in [1.807, 2.05) is 0 Å². The summed E-state index contributed by atoms with van der Waals surface area (Å²) in [4.78, 5) is 25.6. The second kappa shape index (κ2) is 8.25. The molecule has 3 aromatic rings. The number of hydrogen-bond donors (Lipinski definition) is 1. The predicted octanol–water partition coefficient (Wildman–Crippen LogP) is 1.93. The first-order valence-corrected chi connectivity index (χ1v) is 10.6. The largest absolute Gasteiger partial charge is 0.495 e. The summed E-state index contributed by atoms with van der Waals surface area (Å²) < 4.78 is 32.5. The van der Waals surface area contributed by atoms with Gasteiger partial charge in [0.15, 0.2) is 5.69 Å². The molecule has 0 aliphatic rings. The number of benzene rings is 2. The minimum atomic E-state index is -3.71. The highest BCUT2D eigenvalue weighted by Crippen LogP contribution is 2.29. The van der Waals surface area contributed by atoms with Gasteiger partial charge >= 0.3 is 0 Å². The van der Waals surface area contributed by atoms with E-state index in [2.05, 4.69) is 10.4 Å². The summed E-state index contributed by atoms with van der Waals surface area (Å²) in [5, 5.41) is 7.64. The molecule has 0 fully saturated rings. The number of anilines is 1. The van der Waals surface area contributed by atoms with Crippen molar-refractivity contribution in [2.75, 3.05) is 26.5 Å². The van der Waals surface area contributed by atoms with E-state index in [4.69, 9.17) is 4.74 Å². The fourth-order valence-corrected chi connectivity index (χ4v) is 3.88. The lowest BCUT2D eigenvalue weighted by Crippen LogP contribution is -2.27. The van der Waals surface area contributed by atoms with Crippen molar-refractivity contribution in [2.45, 2.75) is 18.4 Å². The molecule has 0 bridgehead atoms. The molecule has 0 radical (unpaired) electrons. The van der Waals surface area contributed by atoms with Crippen LogP contribution in [0.5, 0.6) is 5.75 Å². The lowest BCUT2D eigenvalue weighted by Gasteiger charge is -2.15. The zero-order chi connectivity index (χ0) is 22.1. The van der Waals surface area contributed by atoms with E-state index in [0.717, 1.165) is 4.31 Å². The van der Waals surface area contributed by atoms with E-state index in [-0.39, 0.29) is 27.6 Å². The molecule has 0 saturated carbocycles. The van der Waals surface area contributed by atoms with Crippen molar-refractivity contribution in [3.05, 3.63) is 58.5 Å². The Hall–Kier alpha value is -3.24. The number of carbonyl (C=O) groups excluding carboxylic acids is 1. The SMILES string of the molecule is CCn1nc(C(=O)Nc2cc(S(=O)(=O)N(C)C)ccc2OC)c2ccccc2c1=O. The molecule has 0 unspecified atom stereocenters. The summed E-state index contributed by atoms with van der Waals surface area (Å²) in [6, 6.07) is 10.9. The Balaban J connectivity index is 2.11. The summed E-state index contributed by atoms with van der Waals surface area (Å²) in [6.45, 7) is 2.05. The van der Waals surface area contributed by atoms with E-state index in [1.54, 1.807) is 31.2 Å². The second-order valence-electron chi connectivity index (χ2n) is 6.62. The van der Waals surface area contributed by atoms with Crippen LogP contribution in [0.4, 0.5) is 5.69 Å². The maximum absolute atomic E-state index is 13.1. The van der Waals surface area contributed by atoms with Crippen LogP contribution in [0.15, 0.2) is 52.2 Å². The van der Waals surface area contributed by atoms with Crippen molar-refractivity contribution < 1.29 is 17.9 Å². The summed E-state index contributed by atoms with van der Waals surface area (Å²) in [5.74, 6) is -0.305. The third-order valence-corrected chi connectivity index (χ3v) is 6.39. The van der Waals surface area contributed by atoms with Crippen LogP contribution in [-0.2, 0) is 16.6 Å². The van der Waals surface area contributed by atoms with Crippen molar-refractivity contribution >= 4 is 32.4 Å². The predicted molar refractivity (Wildman–Crippen MR) is 113 cm³/mol. The smallest absolute Gasteiger partial charge is 0.276 e. The first-order chi connectivity index (χ1) is 14.2. The molecule has 30 heavy (non-hydrogen) atoms. The summed E-state index contributed by atoms with van der Waals surface area (Å²) >= 11 is 0. The third-order valence-electron chi connectivity index (χ3n) is 4.58. The molecule has 0 aliphatic heterocycles. The molecule has 0 atom stereocenters. The van der Waals surface area contributed by atoms with Crippen molar-refractivity contribution in [3.63, 3.8) is 0 Å². The van der Waals surface area contributed by atoms with Crippen molar-refractivity contribution in [1.29, 1.82) is 0 Å². The topological polar surface area (TPSA) is 111 Å². The van der Waals surface area contributed by atoms with Crippen molar-refractivity contribution in [3.8, 4) is 5.75 Å². The number of nitrogens with one attached hydrogen (secondary N) is 1. The number of carbonyl (C=O) groups is 1. The van der Waals surface area contributed by atoms with E-state index in [1.165, 1.54) is 44.1 Å². The fourth-order valence-electron chi connectivity index (χ4n) is 2.95. The fraction of sp³-hybridized carbons (Fsp3) is 0.250. The zero-order valence-electron chi connectivity index (χ0n) is 17.0. The van der Waals surface area contributed by atoms with Crippen LogP contribution in [0.2, 0.25) is 0 Å². The molecule has 0 spiro atoms. The Bertz CT molecular complexity index is 1280. The molecule has 1 amide bonds. The van der Waals surface area contributed by atoms with Gasteiger partial charge in [0.25, 0.3) is 11.5 Å². The average Bonchev–Trinajstić information content (AvgIpc) is 2.74. The molecule has 1 aromatic heterocycles. The van der Waals surface area contributed by atoms with E-state index < -0.39 is 15.9 Å². The number of aryl methyl sites for hydroxylation is 1. The monoisotopic (exact) mass is 430 g/mol. The number of ether oxygens (including phenoxy) is 1. The van der Waals surface area contributed by atoms with Gasteiger partial charge in [0.2, 0.25) is 10.0 Å². The Morgan fingerprint density at radius 2 is 1.83 bits per heavy atom. The van der Waals surface area contributed by atoms with Crippen LogP contribution in [0.1, 0.15) is 17.4 Å². The first-order valence-electron chi connectivity index (χ1n) is 9.12. The lowest BCUT2D eigenvalue weighted by molar-refractivity contribution is 0.102. The standard InChI is InChI=1S/C20H22N4O5S/c1-5-24-20(26)15-9-7-6-8-14(15)18(22-24)19(25)21-16-12-13(10-11-17(16)29-4)30(27,28)23(2)3/h6-12H,5H2,1-4H3,(H,21,25). The maximum atomic E-state index is 13.1. The van der Waals surface area contributed by atoms with Gasteiger partial charge in [-0.3, -0.25) is 9.59 Å². The van der Waals surface area contributed by atoms with Gasteiger partial charge in [-0.15, -0.1) is 0 Å². The number of hydrogen-bond acceptors (Lipinski definition) is 6. The number of sulfonamides is 1. The molecule has 9 nitrogen and oxygen atoms in total. The highest BCUT2D eigenvalue weighted by molar-refractivity contribution is 7.89. The third kappa shape index (κ3) is 3.79. The van der Waals surface area contributed by atoms with Gasteiger partial charge in [-0.1, -0.05) is 18.2 Å². The molecule has 10 heteroatoms. The Labute approximate surface area is 173 Å². The van der Waals surface area contributed by atoms with Gasteiger partial charge < -0.3 is 10.1 Å². The Kier molecular flexibility index (Phi) is 5.90. The number of nitrogens with zero attached hydrogens (tertiary/aromatic N) is 3. The number of rotatable bonds is 6. The molecular formula is C20H22N4O5S. The minimum Gasteiger partial charge on any atom is -0.495 e. The Morgan fingerprint density at radius 3 is 2.43 bits per heavy atom. The quantitative estimate of drug-likeness (QED) is 0.640. The normalized spacial score (nSPS) is 11.6. The molecule has 3 rings (SSSR count). The minimum absolute atomic E-state index is 0.0000504. The summed E-state index contributed by atoms with van der Waals surface area (Å²) in [6.07, 6.45) is 0. The molecule has 0 saturated heterocycles. The van der Waals surface area contributed by atoms with Gasteiger partial charge in [0, 0.05) is 26.0 Å². The van der Waals surface area contributed by atoms with Gasteiger partial charge in [-0.05, 0) is 31.2 Å². The zero-order valence-corrected chi connectivity index (χ0v) is 17.9. The van der Waals surface area contributed by atoms with Crippen molar-refractivity contribution in [2.24, 2.45) is 0 Å². The van der Waals surface area contributed by atoms with E-state index in [9.17, 15) is 18.0 Å². The van der Waals surface area contributed by atoms with Crippen LogP contribution in [0.25, 0.3) is 10.8 Å². The van der Waals surface area contributed by atoms with E-state index in [0.29, 0.717) is 17.3 Å². The van der Waals surface area contributed by atoms with Gasteiger partial charge in [-0.2, -0.15) is 5.10 Å². The van der Waals surface area contributed by atoms with E-state index >= 15 is 0 Å². The molecule has 158 valence electrons. The molecule has 1 heterocycles. The number of aromatic nitrogens is 2. The highest BCUT2D eigenvalue weighted by atomic mass is 32.2. The maximum Gasteiger partial charge on any atom is 0.276 e. The van der Waals surface area contributed by atoms with Crippen LogP contribution in [0.3, 0.4) is 0 Å². The molecule has 1 N–H and O–H groups in total. The van der Waals surface area contributed by atoms with Gasteiger partial charge in [0.05, 0.1) is 23.1 Å². The van der Waals surface area contributed by atoms with Crippen molar-refractivity contribution in [1.82, 2.24) is 14.1 Å². The molecular weight excluding hydrogens is 408 g/mol. The molecule has 2 aromatic carbocycles. The van der Waals surface area contributed by atoms with Crippen LogP contribution in [-0.4, -0.2) is 49.6 Å². The summed E-state index contributed by atoms with van der Waals surface area (Å²) in [5.41, 5.74) is -0.0677. The lowest BCUT2D eigenvalue weighted by atomic mass is 10.1. The first kappa shape index (κ1) is 21.5. The van der Waals surface area contributed by atoms with Gasteiger partial charge in [0.1, 0.15) is 5.75 Å². The Morgan fingerprint density at radius 1 is 1.17 bits per heavy atom. The summed E-state index contributed by atoms with van der Waals surface area (Å²) in [7, 11) is 0.539. The highest BCUT2D eigenvalue weighted by Gasteiger charge is 2.22.